The van der Waals surface area contributed by atoms with E-state index in [1.54, 1.807) is 0 Å². The van der Waals surface area contributed by atoms with E-state index in [0.29, 0.717) is 25.9 Å². The minimum absolute atomic E-state index is 0.0118. The summed E-state index contributed by atoms with van der Waals surface area (Å²) >= 11 is 0. The van der Waals surface area contributed by atoms with Crippen molar-refractivity contribution in [1.82, 2.24) is 14.7 Å². The van der Waals surface area contributed by atoms with Crippen molar-refractivity contribution in [1.29, 1.82) is 0 Å². The summed E-state index contributed by atoms with van der Waals surface area (Å²) in [5.41, 5.74) is 4.20. The molecule has 6 heteroatoms. The van der Waals surface area contributed by atoms with E-state index >= 15 is 0 Å². The highest BCUT2D eigenvalue weighted by Crippen LogP contribution is 2.44. The lowest BCUT2D eigenvalue weighted by atomic mass is 9.81. The van der Waals surface area contributed by atoms with Gasteiger partial charge in [-0.15, -0.1) is 0 Å². The Morgan fingerprint density at radius 1 is 1.32 bits per heavy atom. The number of benzene rings is 1. The quantitative estimate of drug-likeness (QED) is 0.906. The van der Waals surface area contributed by atoms with E-state index in [9.17, 15) is 9.59 Å². The van der Waals surface area contributed by atoms with Gasteiger partial charge >= 0.3 is 0 Å². The van der Waals surface area contributed by atoms with Crippen LogP contribution in [0.4, 0.5) is 5.69 Å². The number of nitrogens with zero attached hydrogens (tertiary/aromatic N) is 3. The van der Waals surface area contributed by atoms with E-state index in [0.717, 1.165) is 28.2 Å². The Bertz CT molecular complexity index is 886. The molecule has 0 radical (unpaired) electrons. The monoisotopic (exact) mass is 338 g/mol. The van der Waals surface area contributed by atoms with Crippen molar-refractivity contribution in [3.05, 3.63) is 46.8 Å². The van der Waals surface area contributed by atoms with Crippen LogP contribution in [0.2, 0.25) is 0 Å². The molecule has 2 aliphatic rings. The number of aryl methyl sites for hydroxylation is 2. The molecule has 2 aromatic rings. The van der Waals surface area contributed by atoms with Gasteiger partial charge in [0.1, 0.15) is 0 Å². The van der Waals surface area contributed by atoms with Crippen LogP contribution in [0.1, 0.15) is 28.9 Å². The molecule has 1 spiro atoms. The van der Waals surface area contributed by atoms with E-state index in [4.69, 9.17) is 0 Å². The summed E-state index contributed by atoms with van der Waals surface area (Å²) in [5.74, 6) is 0.0750. The summed E-state index contributed by atoms with van der Waals surface area (Å²) in [4.78, 5) is 27.3. The smallest absolute Gasteiger partial charge is 0.236 e. The molecular weight excluding hydrogens is 316 g/mol. The van der Waals surface area contributed by atoms with E-state index in [2.05, 4.69) is 10.4 Å². The third-order valence-corrected chi connectivity index (χ3v) is 5.73. The summed E-state index contributed by atoms with van der Waals surface area (Å²) in [5, 5.41) is 7.36. The number of hydrogen-bond donors (Lipinski definition) is 1. The molecule has 0 aliphatic carbocycles. The van der Waals surface area contributed by atoms with Gasteiger partial charge in [0.15, 0.2) is 0 Å². The van der Waals surface area contributed by atoms with Crippen molar-refractivity contribution in [2.45, 2.75) is 32.1 Å². The van der Waals surface area contributed by atoms with Crippen LogP contribution in [0, 0.1) is 13.8 Å². The lowest BCUT2D eigenvalue weighted by molar-refractivity contribution is -0.130. The highest BCUT2D eigenvalue weighted by molar-refractivity contribution is 6.07. The lowest BCUT2D eigenvalue weighted by Gasteiger charge is -2.22. The topological polar surface area (TPSA) is 67.2 Å². The van der Waals surface area contributed by atoms with Gasteiger partial charge in [0, 0.05) is 37.1 Å². The largest absolute Gasteiger partial charge is 0.341 e. The van der Waals surface area contributed by atoms with Crippen LogP contribution in [0.3, 0.4) is 0 Å². The molecule has 130 valence electrons. The highest BCUT2D eigenvalue weighted by atomic mass is 16.2. The predicted molar refractivity (Wildman–Crippen MR) is 94.3 cm³/mol. The molecule has 2 amide bonds. The molecule has 1 N–H and O–H groups in total. The molecule has 1 aromatic heterocycles. The van der Waals surface area contributed by atoms with E-state index in [-0.39, 0.29) is 11.8 Å². The molecule has 1 aromatic carbocycles. The first-order chi connectivity index (χ1) is 11.9. The van der Waals surface area contributed by atoms with Gasteiger partial charge in [-0.3, -0.25) is 14.3 Å². The molecule has 0 bridgehead atoms. The second-order valence-corrected chi connectivity index (χ2v) is 7.10. The summed E-state index contributed by atoms with van der Waals surface area (Å²) < 4.78 is 1.81. The third kappa shape index (κ3) is 2.27. The fourth-order valence-electron chi connectivity index (χ4n) is 4.14. The van der Waals surface area contributed by atoms with Gasteiger partial charge in [-0.05, 0) is 31.9 Å². The number of fused-ring (bicyclic) bond motifs is 2. The number of amides is 2. The predicted octanol–water partition coefficient (Wildman–Crippen LogP) is 1.70. The lowest BCUT2D eigenvalue weighted by Crippen LogP contribution is -2.39. The van der Waals surface area contributed by atoms with Crippen LogP contribution < -0.4 is 5.32 Å². The number of anilines is 1. The zero-order chi connectivity index (χ0) is 17.8. The number of hydrogen-bond acceptors (Lipinski definition) is 3. The van der Waals surface area contributed by atoms with Crippen LogP contribution >= 0.6 is 0 Å². The Morgan fingerprint density at radius 3 is 2.80 bits per heavy atom. The van der Waals surface area contributed by atoms with Gasteiger partial charge in [-0.25, -0.2) is 0 Å². The summed E-state index contributed by atoms with van der Waals surface area (Å²) in [6.07, 6.45) is 1.01. The SMILES string of the molecule is Cc1nn(C)c(C)c1CC(=O)N1CCC2(C1)C(=O)Nc1ccccc12. The van der Waals surface area contributed by atoms with Crippen LogP contribution in [0.5, 0.6) is 0 Å². The van der Waals surface area contributed by atoms with Gasteiger partial charge in [0.2, 0.25) is 11.8 Å². The van der Waals surface area contributed by atoms with Gasteiger partial charge in [-0.2, -0.15) is 5.10 Å². The molecule has 1 fully saturated rings. The highest BCUT2D eigenvalue weighted by Gasteiger charge is 2.51. The van der Waals surface area contributed by atoms with Gasteiger partial charge < -0.3 is 10.2 Å². The van der Waals surface area contributed by atoms with Crippen molar-refractivity contribution >= 4 is 17.5 Å². The van der Waals surface area contributed by atoms with Crippen LogP contribution in [-0.2, 0) is 28.5 Å². The first-order valence-electron chi connectivity index (χ1n) is 8.60. The Balaban J connectivity index is 1.57. The molecule has 3 heterocycles. The van der Waals surface area contributed by atoms with Crippen molar-refractivity contribution < 1.29 is 9.59 Å². The van der Waals surface area contributed by atoms with Crippen molar-refractivity contribution in [3.8, 4) is 0 Å². The van der Waals surface area contributed by atoms with Crippen LogP contribution in [0.25, 0.3) is 0 Å². The van der Waals surface area contributed by atoms with E-state index in [1.807, 2.05) is 54.7 Å². The maximum absolute atomic E-state index is 12.8. The summed E-state index contributed by atoms with van der Waals surface area (Å²) in [7, 11) is 1.89. The molecule has 2 aliphatic heterocycles. The van der Waals surface area contributed by atoms with Crippen LogP contribution in [-0.4, -0.2) is 39.6 Å². The maximum atomic E-state index is 12.8. The first kappa shape index (κ1) is 15.9. The first-order valence-corrected chi connectivity index (χ1v) is 8.60. The average molecular weight is 338 g/mol. The zero-order valence-electron chi connectivity index (χ0n) is 14.8. The number of carbonyl (C=O) groups is 2. The number of rotatable bonds is 2. The zero-order valence-corrected chi connectivity index (χ0v) is 14.8. The maximum Gasteiger partial charge on any atom is 0.236 e. The second kappa shape index (κ2) is 5.44. The molecule has 1 atom stereocenters. The number of aromatic nitrogens is 2. The molecule has 6 nitrogen and oxygen atoms in total. The fraction of sp³-hybridized carbons (Fsp3) is 0.421. The number of para-hydroxylation sites is 1. The standard InChI is InChI=1S/C19H22N4O2/c1-12-14(13(2)22(3)21-12)10-17(24)23-9-8-19(11-23)15-6-4-5-7-16(15)20-18(19)25/h4-7H,8-11H2,1-3H3,(H,20,25). The molecular formula is C19H22N4O2. The Hall–Kier alpha value is -2.63. The molecule has 4 rings (SSSR count). The third-order valence-electron chi connectivity index (χ3n) is 5.73. The normalized spacial score (nSPS) is 21.7. The Kier molecular flexibility index (Phi) is 3.45. The fourth-order valence-corrected chi connectivity index (χ4v) is 4.14. The van der Waals surface area contributed by atoms with Crippen molar-refractivity contribution in [2.24, 2.45) is 7.05 Å². The Morgan fingerprint density at radius 2 is 2.08 bits per heavy atom. The number of nitrogens with one attached hydrogen (secondary N) is 1. The molecule has 25 heavy (non-hydrogen) atoms. The summed E-state index contributed by atoms with van der Waals surface area (Å²) in [6, 6.07) is 7.79. The van der Waals surface area contributed by atoms with Crippen molar-refractivity contribution in [2.75, 3.05) is 18.4 Å². The van der Waals surface area contributed by atoms with Crippen molar-refractivity contribution in [3.63, 3.8) is 0 Å². The summed E-state index contributed by atoms with van der Waals surface area (Å²) in [6.45, 7) is 4.97. The van der Waals surface area contributed by atoms with E-state index < -0.39 is 5.41 Å². The minimum atomic E-state index is -0.592. The number of carbonyl (C=O) groups excluding carboxylic acids is 2. The van der Waals surface area contributed by atoms with Gasteiger partial charge in [-0.1, -0.05) is 18.2 Å². The minimum Gasteiger partial charge on any atom is -0.341 e. The molecule has 0 saturated carbocycles. The second-order valence-electron chi connectivity index (χ2n) is 7.10. The van der Waals surface area contributed by atoms with Gasteiger partial charge in [0.05, 0.1) is 17.5 Å². The van der Waals surface area contributed by atoms with E-state index in [1.165, 1.54) is 0 Å². The number of likely N-dealkylation sites (tertiary alicyclic amines) is 1. The van der Waals surface area contributed by atoms with Gasteiger partial charge in [0.25, 0.3) is 0 Å². The van der Waals surface area contributed by atoms with Crippen LogP contribution in [0.15, 0.2) is 24.3 Å². The molecule has 1 saturated heterocycles. The molecule has 1 unspecified atom stereocenters. The Labute approximate surface area is 146 Å². The average Bonchev–Trinajstić information content (AvgIpc) is 3.22.